The maximum atomic E-state index is 13.6. The lowest BCUT2D eigenvalue weighted by Crippen LogP contribution is -2.13. The predicted molar refractivity (Wildman–Crippen MR) is 200 cm³/mol. The number of hydrogen-bond donors (Lipinski definition) is 2. The van der Waals surface area contributed by atoms with Gasteiger partial charge in [-0.3, -0.25) is 9.59 Å². The van der Waals surface area contributed by atoms with Gasteiger partial charge in [-0.05, 0) is 72.6 Å². The Morgan fingerprint density at radius 1 is 0.750 bits per heavy atom. The number of rotatable bonds is 9. The lowest BCUT2D eigenvalue weighted by molar-refractivity contribution is 0.101. The fourth-order valence-corrected chi connectivity index (χ4v) is 6.34. The largest absolute Gasteiger partial charge is 0.464 e. The van der Waals surface area contributed by atoms with Gasteiger partial charge in [-0.1, -0.05) is 60.2 Å². The molecular weight excluding hydrogens is 651 g/mol. The first-order chi connectivity index (χ1) is 25.4. The van der Waals surface area contributed by atoms with E-state index in [0.29, 0.717) is 41.4 Å². The standard InChI is InChI=1S/C42H31N7O3/c1-27-8-10-29(11-9-27)22-49-25-37(46-42(51)35-6-4-18-44-47-35)34-19-31(16-17-39(34)49)40-20-32(26-52-40)41(50)45-36-24-48(38-7-3-2-5-33(36)38)23-30-14-12-28(21-43)13-15-30/h2-20,24-26H,22-23H2,1H3,(H,45,50)(H,46,51). The molecule has 0 aliphatic carbocycles. The van der Waals surface area contributed by atoms with E-state index >= 15 is 0 Å². The summed E-state index contributed by atoms with van der Waals surface area (Å²) in [5.74, 6) is -0.172. The first-order valence-electron chi connectivity index (χ1n) is 16.7. The predicted octanol–water partition coefficient (Wildman–Crippen LogP) is 8.43. The van der Waals surface area contributed by atoms with Crippen LogP contribution >= 0.6 is 0 Å². The third kappa shape index (κ3) is 6.42. The second-order valence-electron chi connectivity index (χ2n) is 12.6. The summed E-state index contributed by atoms with van der Waals surface area (Å²) in [4.78, 5) is 26.7. The van der Waals surface area contributed by atoms with Crippen LogP contribution < -0.4 is 10.6 Å². The Balaban J connectivity index is 1.07. The maximum Gasteiger partial charge on any atom is 0.276 e. The average molecular weight is 682 g/mol. The average Bonchev–Trinajstić information content (AvgIpc) is 3.90. The molecule has 0 saturated heterocycles. The number of benzene rings is 4. The number of nitriles is 1. The van der Waals surface area contributed by atoms with Gasteiger partial charge in [-0.25, -0.2) is 0 Å². The van der Waals surface area contributed by atoms with Crippen LogP contribution in [0.3, 0.4) is 0 Å². The highest BCUT2D eigenvalue weighted by molar-refractivity contribution is 6.10. The van der Waals surface area contributed by atoms with Gasteiger partial charge < -0.3 is 24.2 Å². The first kappa shape index (κ1) is 32.0. The Bertz CT molecular complexity index is 2630. The number of hydrogen-bond acceptors (Lipinski definition) is 6. The van der Waals surface area contributed by atoms with Gasteiger partial charge in [0, 0.05) is 48.0 Å². The monoisotopic (exact) mass is 681 g/mol. The van der Waals surface area contributed by atoms with Crippen molar-refractivity contribution in [2.75, 3.05) is 10.6 Å². The smallest absolute Gasteiger partial charge is 0.276 e. The van der Waals surface area contributed by atoms with E-state index in [1.54, 1.807) is 30.3 Å². The number of nitrogens with zero attached hydrogens (tertiary/aromatic N) is 5. The van der Waals surface area contributed by atoms with Crippen LogP contribution in [-0.4, -0.2) is 31.1 Å². The number of fused-ring (bicyclic) bond motifs is 2. The molecule has 10 heteroatoms. The molecular formula is C42H31N7O3. The van der Waals surface area contributed by atoms with Crippen LogP contribution in [0.1, 0.15) is 43.1 Å². The molecule has 252 valence electrons. The van der Waals surface area contributed by atoms with E-state index in [1.807, 2.05) is 67.0 Å². The van der Waals surface area contributed by atoms with Gasteiger partial charge in [0.25, 0.3) is 11.8 Å². The molecule has 8 aromatic rings. The molecule has 0 radical (unpaired) electrons. The molecule has 0 saturated carbocycles. The Morgan fingerprint density at radius 2 is 1.42 bits per heavy atom. The van der Waals surface area contributed by atoms with Crippen molar-refractivity contribution in [2.24, 2.45) is 0 Å². The molecule has 2 N–H and O–H groups in total. The first-order valence-corrected chi connectivity index (χ1v) is 16.7. The molecule has 10 nitrogen and oxygen atoms in total. The topological polar surface area (TPSA) is 131 Å². The number of nitrogens with one attached hydrogen (secondary N) is 2. The zero-order valence-electron chi connectivity index (χ0n) is 28.1. The molecule has 4 heterocycles. The van der Waals surface area contributed by atoms with Crippen LogP contribution in [0.5, 0.6) is 0 Å². The van der Waals surface area contributed by atoms with Gasteiger partial charge in [-0.2, -0.15) is 10.4 Å². The van der Waals surface area contributed by atoms with E-state index < -0.39 is 0 Å². The Hall–Kier alpha value is -7.25. The third-order valence-electron chi connectivity index (χ3n) is 9.03. The minimum Gasteiger partial charge on any atom is -0.464 e. The number of aryl methyl sites for hydroxylation is 1. The molecule has 2 amide bonds. The molecule has 0 fully saturated rings. The number of anilines is 2. The molecule has 0 spiro atoms. The quantitative estimate of drug-likeness (QED) is 0.157. The van der Waals surface area contributed by atoms with Crippen molar-refractivity contribution < 1.29 is 14.0 Å². The van der Waals surface area contributed by atoms with Crippen LogP contribution in [0.4, 0.5) is 11.4 Å². The number of amides is 2. The second kappa shape index (κ2) is 13.6. The van der Waals surface area contributed by atoms with E-state index in [4.69, 9.17) is 9.68 Å². The SMILES string of the molecule is Cc1ccc(Cn2cc(NC(=O)c3cccnn3)c3cc(-c4cc(C(=O)Nc5cn(Cc6ccc(C#N)cc6)c6ccccc56)co4)ccc32)cc1. The molecule has 0 atom stereocenters. The number of aromatic nitrogens is 4. The summed E-state index contributed by atoms with van der Waals surface area (Å²) in [6, 6.07) is 36.7. The van der Waals surface area contributed by atoms with Crippen LogP contribution in [0.25, 0.3) is 33.1 Å². The van der Waals surface area contributed by atoms with Crippen molar-refractivity contribution in [3.8, 4) is 17.4 Å². The summed E-state index contributed by atoms with van der Waals surface area (Å²) < 4.78 is 10.1. The maximum absolute atomic E-state index is 13.6. The van der Waals surface area contributed by atoms with Crippen molar-refractivity contribution in [1.82, 2.24) is 19.3 Å². The van der Waals surface area contributed by atoms with Gasteiger partial charge in [0.2, 0.25) is 0 Å². The summed E-state index contributed by atoms with van der Waals surface area (Å²) >= 11 is 0. The Labute approximate surface area is 298 Å². The normalized spacial score (nSPS) is 11.1. The molecule has 0 aliphatic heterocycles. The lowest BCUT2D eigenvalue weighted by Gasteiger charge is -2.06. The van der Waals surface area contributed by atoms with E-state index in [-0.39, 0.29) is 17.5 Å². The molecule has 4 aromatic heterocycles. The van der Waals surface area contributed by atoms with Crippen molar-refractivity contribution >= 4 is 45.0 Å². The number of carbonyl (C=O) groups is 2. The number of carbonyl (C=O) groups excluding carboxylic acids is 2. The minimum atomic E-state index is -0.372. The van der Waals surface area contributed by atoms with Gasteiger partial charge in [0.1, 0.15) is 12.0 Å². The van der Waals surface area contributed by atoms with Crippen LogP contribution in [0.2, 0.25) is 0 Å². The van der Waals surface area contributed by atoms with Crippen molar-refractivity contribution in [1.29, 1.82) is 5.26 Å². The van der Waals surface area contributed by atoms with E-state index in [1.165, 1.54) is 18.0 Å². The lowest BCUT2D eigenvalue weighted by atomic mass is 10.1. The summed E-state index contributed by atoms with van der Waals surface area (Å²) in [5, 5.41) is 24.8. The number of para-hydroxylation sites is 1. The summed E-state index contributed by atoms with van der Waals surface area (Å²) in [7, 11) is 0. The molecule has 8 rings (SSSR count). The molecule has 52 heavy (non-hydrogen) atoms. The zero-order chi connectivity index (χ0) is 35.6. The zero-order valence-corrected chi connectivity index (χ0v) is 28.1. The molecule has 0 unspecified atom stereocenters. The Kier molecular flexibility index (Phi) is 8.35. The summed E-state index contributed by atoms with van der Waals surface area (Å²) in [5.41, 5.74) is 8.45. The van der Waals surface area contributed by atoms with E-state index in [2.05, 4.69) is 67.2 Å². The van der Waals surface area contributed by atoms with Crippen LogP contribution in [0.15, 0.2) is 138 Å². The highest BCUT2D eigenvalue weighted by Crippen LogP contribution is 2.33. The Morgan fingerprint density at radius 3 is 2.13 bits per heavy atom. The van der Waals surface area contributed by atoms with Crippen molar-refractivity contribution in [2.45, 2.75) is 20.0 Å². The summed E-state index contributed by atoms with van der Waals surface area (Å²) in [6.45, 7) is 3.24. The van der Waals surface area contributed by atoms with E-state index in [9.17, 15) is 9.59 Å². The molecule has 4 aromatic carbocycles. The van der Waals surface area contributed by atoms with Gasteiger partial charge in [-0.15, -0.1) is 5.10 Å². The fourth-order valence-electron chi connectivity index (χ4n) is 6.34. The van der Waals surface area contributed by atoms with Crippen LogP contribution in [0, 0.1) is 18.3 Å². The number of furan rings is 1. The summed E-state index contributed by atoms with van der Waals surface area (Å²) in [6.07, 6.45) is 6.81. The van der Waals surface area contributed by atoms with Gasteiger partial charge in [0.15, 0.2) is 5.69 Å². The fraction of sp³-hybridized carbons (Fsp3) is 0.0714. The molecule has 0 aliphatic rings. The van der Waals surface area contributed by atoms with Crippen LogP contribution in [-0.2, 0) is 13.1 Å². The van der Waals surface area contributed by atoms with E-state index in [0.717, 1.165) is 38.5 Å². The van der Waals surface area contributed by atoms with Gasteiger partial charge >= 0.3 is 0 Å². The third-order valence-corrected chi connectivity index (χ3v) is 9.03. The van der Waals surface area contributed by atoms with Crippen molar-refractivity contribution in [3.05, 3.63) is 168 Å². The second-order valence-corrected chi connectivity index (χ2v) is 12.6. The van der Waals surface area contributed by atoms with Crippen molar-refractivity contribution in [3.63, 3.8) is 0 Å². The highest BCUT2D eigenvalue weighted by Gasteiger charge is 2.18. The minimum absolute atomic E-state index is 0.206. The van der Waals surface area contributed by atoms with Gasteiger partial charge in [0.05, 0.1) is 39.6 Å². The molecule has 0 bridgehead atoms. The highest BCUT2D eigenvalue weighted by atomic mass is 16.3.